The van der Waals surface area contributed by atoms with E-state index in [-0.39, 0.29) is 16.5 Å². The number of aromatic nitrogens is 1. The van der Waals surface area contributed by atoms with Crippen molar-refractivity contribution in [2.75, 3.05) is 0 Å². The molecule has 0 aromatic carbocycles. The summed E-state index contributed by atoms with van der Waals surface area (Å²) in [6.45, 7) is 0. The Kier molecular flexibility index (Phi) is 1.97. The van der Waals surface area contributed by atoms with Crippen LogP contribution < -0.4 is 5.56 Å². The van der Waals surface area contributed by atoms with E-state index in [1.54, 1.807) is 0 Å². The van der Waals surface area contributed by atoms with E-state index in [0.29, 0.717) is 0 Å². The summed E-state index contributed by atoms with van der Waals surface area (Å²) in [7, 11) is -4.26. The Bertz CT molecular complexity index is 512. The maximum atomic E-state index is 11.4. The zero-order valence-corrected chi connectivity index (χ0v) is 8.07. The maximum Gasteiger partial charge on any atom is 0.294 e. The lowest BCUT2D eigenvalue weighted by Crippen LogP contribution is -2.18. The smallest absolute Gasteiger partial charge is 0.294 e. The van der Waals surface area contributed by atoms with Crippen molar-refractivity contribution in [1.82, 2.24) is 4.57 Å². The second-order valence-electron chi connectivity index (χ2n) is 3.31. The molecule has 1 aliphatic carbocycles. The second kappa shape index (κ2) is 2.93. The largest absolute Gasteiger partial charge is 0.312 e. The fourth-order valence-corrected chi connectivity index (χ4v) is 1.77. The molecule has 1 aliphatic rings. The first-order valence-corrected chi connectivity index (χ1v) is 5.62. The third-order valence-corrected chi connectivity index (χ3v) is 3.01. The van der Waals surface area contributed by atoms with Crippen molar-refractivity contribution in [3.63, 3.8) is 0 Å². The van der Waals surface area contributed by atoms with Crippen LogP contribution in [0.25, 0.3) is 0 Å². The van der Waals surface area contributed by atoms with Gasteiger partial charge in [-0.3, -0.25) is 9.35 Å². The van der Waals surface area contributed by atoms with Gasteiger partial charge in [0.15, 0.2) is 0 Å². The van der Waals surface area contributed by atoms with Gasteiger partial charge in [0, 0.05) is 18.3 Å². The summed E-state index contributed by atoms with van der Waals surface area (Å²) in [4.78, 5) is 11.0. The summed E-state index contributed by atoms with van der Waals surface area (Å²) >= 11 is 0. The summed E-state index contributed by atoms with van der Waals surface area (Å²) in [6, 6.07) is 2.38. The lowest BCUT2D eigenvalue weighted by molar-refractivity contribution is 0.482. The van der Waals surface area contributed by atoms with Crippen molar-refractivity contribution >= 4 is 10.1 Å². The number of pyridine rings is 1. The normalized spacial score (nSPS) is 16.9. The molecule has 0 saturated heterocycles. The lowest BCUT2D eigenvalue weighted by Gasteiger charge is -2.02. The minimum Gasteiger partial charge on any atom is -0.312 e. The van der Waals surface area contributed by atoms with E-state index in [1.807, 2.05) is 0 Å². The minimum atomic E-state index is -4.26. The van der Waals surface area contributed by atoms with Gasteiger partial charge in [-0.05, 0) is 18.9 Å². The molecule has 1 saturated carbocycles. The molecule has 0 radical (unpaired) electrons. The fraction of sp³-hybridized carbons (Fsp3) is 0.375. The molecule has 14 heavy (non-hydrogen) atoms. The molecule has 0 unspecified atom stereocenters. The fourth-order valence-electron chi connectivity index (χ4n) is 1.29. The van der Waals surface area contributed by atoms with Gasteiger partial charge in [-0.15, -0.1) is 0 Å². The molecule has 6 heteroatoms. The van der Waals surface area contributed by atoms with Crippen LogP contribution in [0.5, 0.6) is 0 Å². The first kappa shape index (κ1) is 9.42. The molecule has 1 N–H and O–H groups in total. The third-order valence-electron chi connectivity index (χ3n) is 2.16. The SMILES string of the molecule is O=c1cc(S(=O)(=O)O)ccn1C1CC1. The second-order valence-corrected chi connectivity index (χ2v) is 4.74. The molecule has 0 amide bonds. The number of nitrogens with zero attached hydrogens (tertiary/aromatic N) is 1. The van der Waals surface area contributed by atoms with Crippen molar-refractivity contribution < 1.29 is 13.0 Å². The Morgan fingerprint density at radius 1 is 1.43 bits per heavy atom. The summed E-state index contributed by atoms with van der Waals surface area (Å²) in [5.41, 5.74) is -0.386. The highest BCUT2D eigenvalue weighted by molar-refractivity contribution is 7.85. The Balaban J connectivity index is 2.51. The van der Waals surface area contributed by atoms with Gasteiger partial charge in [-0.25, -0.2) is 0 Å². The Morgan fingerprint density at radius 2 is 2.07 bits per heavy atom. The zero-order chi connectivity index (χ0) is 10.3. The van der Waals surface area contributed by atoms with Gasteiger partial charge >= 0.3 is 0 Å². The molecule has 0 aliphatic heterocycles. The van der Waals surface area contributed by atoms with Crippen LogP contribution in [0, 0.1) is 0 Å². The first-order valence-electron chi connectivity index (χ1n) is 4.18. The monoisotopic (exact) mass is 215 g/mol. The van der Waals surface area contributed by atoms with Crippen LogP contribution in [0.2, 0.25) is 0 Å². The number of hydrogen-bond donors (Lipinski definition) is 1. The van der Waals surface area contributed by atoms with E-state index in [9.17, 15) is 13.2 Å². The molecule has 0 atom stereocenters. The van der Waals surface area contributed by atoms with Crippen LogP contribution in [0.15, 0.2) is 28.0 Å². The van der Waals surface area contributed by atoms with E-state index in [2.05, 4.69) is 0 Å². The van der Waals surface area contributed by atoms with E-state index < -0.39 is 10.1 Å². The Labute approximate surface area is 80.7 Å². The van der Waals surface area contributed by atoms with Crippen molar-refractivity contribution in [2.45, 2.75) is 23.8 Å². The highest BCUT2D eigenvalue weighted by atomic mass is 32.2. The van der Waals surface area contributed by atoms with Crippen LogP contribution >= 0.6 is 0 Å². The predicted octanol–water partition coefficient (Wildman–Crippen LogP) is 0.430. The first-order chi connectivity index (χ1) is 6.48. The Morgan fingerprint density at radius 3 is 2.50 bits per heavy atom. The highest BCUT2D eigenvalue weighted by Gasteiger charge is 2.24. The van der Waals surface area contributed by atoms with Gasteiger partial charge < -0.3 is 4.57 Å². The standard InChI is InChI=1S/C8H9NO4S/c10-8-5-7(14(11,12)13)3-4-9(8)6-1-2-6/h3-6H,1-2H2,(H,11,12,13). The molecular formula is C8H9NO4S. The molecule has 76 valence electrons. The lowest BCUT2D eigenvalue weighted by atomic mass is 10.4. The molecular weight excluding hydrogens is 206 g/mol. The maximum absolute atomic E-state index is 11.4. The average molecular weight is 215 g/mol. The summed E-state index contributed by atoms with van der Waals surface area (Å²) in [6.07, 6.45) is 3.30. The van der Waals surface area contributed by atoms with Crippen LogP contribution in [0.3, 0.4) is 0 Å². The molecule has 1 heterocycles. The van der Waals surface area contributed by atoms with Gasteiger partial charge in [-0.2, -0.15) is 8.42 Å². The average Bonchev–Trinajstić information content (AvgIpc) is 2.85. The van der Waals surface area contributed by atoms with Crippen LogP contribution in [-0.2, 0) is 10.1 Å². The zero-order valence-electron chi connectivity index (χ0n) is 7.25. The minimum absolute atomic E-state index is 0.206. The van der Waals surface area contributed by atoms with Gasteiger partial charge in [0.2, 0.25) is 0 Å². The van der Waals surface area contributed by atoms with Crippen molar-refractivity contribution in [3.8, 4) is 0 Å². The van der Waals surface area contributed by atoms with Crippen molar-refractivity contribution in [2.24, 2.45) is 0 Å². The van der Waals surface area contributed by atoms with E-state index in [0.717, 1.165) is 18.9 Å². The van der Waals surface area contributed by atoms with Gasteiger partial charge in [0.05, 0.1) is 0 Å². The van der Waals surface area contributed by atoms with Gasteiger partial charge in [-0.1, -0.05) is 0 Å². The predicted molar refractivity (Wildman–Crippen MR) is 48.8 cm³/mol. The highest BCUT2D eigenvalue weighted by Crippen LogP contribution is 2.33. The van der Waals surface area contributed by atoms with Crippen LogP contribution in [-0.4, -0.2) is 17.5 Å². The summed E-state index contributed by atoms with van der Waals surface area (Å²) < 4.78 is 31.5. The molecule has 0 spiro atoms. The molecule has 1 aromatic heterocycles. The number of hydrogen-bond acceptors (Lipinski definition) is 3. The van der Waals surface area contributed by atoms with Crippen LogP contribution in [0.4, 0.5) is 0 Å². The van der Waals surface area contributed by atoms with E-state index in [1.165, 1.54) is 16.8 Å². The molecule has 2 rings (SSSR count). The topological polar surface area (TPSA) is 76.4 Å². The molecule has 1 aromatic rings. The molecule has 1 fully saturated rings. The quantitative estimate of drug-likeness (QED) is 0.726. The van der Waals surface area contributed by atoms with E-state index >= 15 is 0 Å². The summed E-state index contributed by atoms with van der Waals surface area (Å²) in [5, 5.41) is 0. The Hall–Kier alpha value is -1.14. The summed E-state index contributed by atoms with van der Waals surface area (Å²) in [5.74, 6) is 0. The van der Waals surface area contributed by atoms with E-state index in [4.69, 9.17) is 4.55 Å². The van der Waals surface area contributed by atoms with Crippen molar-refractivity contribution in [3.05, 3.63) is 28.7 Å². The third kappa shape index (κ3) is 1.71. The van der Waals surface area contributed by atoms with Gasteiger partial charge in [0.25, 0.3) is 15.7 Å². The van der Waals surface area contributed by atoms with Crippen LogP contribution in [0.1, 0.15) is 18.9 Å². The number of rotatable bonds is 2. The molecule has 0 bridgehead atoms. The van der Waals surface area contributed by atoms with Crippen molar-refractivity contribution in [1.29, 1.82) is 0 Å². The van der Waals surface area contributed by atoms with Gasteiger partial charge in [0.1, 0.15) is 4.90 Å². The molecule has 5 nitrogen and oxygen atoms in total.